The molecule has 0 spiro atoms. The third-order valence-electron chi connectivity index (χ3n) is 8.29. The fraction of sp³-hybridized carbons (Fsp3) is 0.424. The number of carbonyl (C=O) groups is 1. The van der Waals surface area contributed by atoms with E-state index in [9.17, 15) is 9.18 Å². The Balaban J connectivity index is 1.34. The number of fused-ring (bicyclic) bond motifs is 1. The Kier molecular flexibility index (Phi) is 8.51. The van der Waals surface area contributed by atoms with E-state index < -0.39 is 0 Å². The number of hydrogen-bond acceptors (Lipinski definition) is 5. The maximum atomic E-state index is 14.5. The molecule has 2 aliphatic rings. The van der Waals surface area contributed by atoms with Crippen LogP contribution in [-0.4, -0.2) is 33.4 Å². The SMILES string of the molecule is COCCOC(=O)C(C)C(c1ccc2c(c1)OC(c1ccc(-c3cc(OC)ccc3F)cc1)CC2)C1CCC1. The van der Waals surface area contributed by atoms with Gasteiger partial charge in [0.2, 0.25) is 0 Å². The summed E-state index contributed by atoms with van der Waals surface area (Å²) in [6, 6.07) is 19.1. The summed E-state index contributed by atoms with van der Waals surface area (Å²) in [6.07, 6.45) is 5.15. The van der Waals surface area contributed by atoms with Gasteiger partial charge in [-0.3, -0.25) is 4.79 Å². The summed E-state index contributed by atoms with van der Waals surface area (Å²) in [7, 11) is 3.18. The van der Waals surface area contributed by atoms with Crippen molar-refractivity contribution in [2.24, 2.45) is 11.8 Å². The van der Waals surface area contributed by atoms with Gasteiger partial charge < -0.3 is 18.9 Å². The van der Waals surface area contributed by atoms with E-state index in [4.69, 9.17) is 18.9 Å². The lowest BCUT2D eigenvalue weighted by atomic mass is 9.68. The normalized spacial score (nSPS) is 18.3. The maximum absolute atomic E-state index is 14.5. The van der Waals surface area contributed by atoms with Crippen LogP contribution in [-0.2, 0) is 20.7 Å². The van der Waals surface area contributed by atoms with Crippen LogP contribution in [0.3, 0.4) is 0 Å². The van der Waals surface area contributed by atoms with Crippen LogP contribution in [0.1, 0.15) is 61.3 Å². The molecular weight excluding hydrogens is 495 g/mol. The van der Waals surface area contributed by atoms with Crippen LogP contribution in [0.2, 0.25) is 0 Å². The van der Waals surface area contributed by atoms with Crippen LogP contribution in [0, 0.1) is 17.7 Å². The van der Waals surface area contributed by atoms with Crippen molar-refractivity contribution >= 4 is 5.97 Å². The third kappa shape index (κ3) is 5.96. The minimum absolute atomic E-state index is 0.0875. The van der Waals surface area contributed by atoms with Gasteiger partial charge in [-0.05, 0) is 84.0 Å². The lowest BCUT2D eigenvalue weighted by Crippen LogP contribution is -2.31. The topological polar surface area (TPSA) is 54.0 Å². The summed E-state index contributed by atoms with van der Waals surface area (Å²) >= 11 is 0. The molecule has 3 aromatic carbocycles. The Bertz CT molecular complexity index is 1280. The highest BCUT2D eigenvalue weighted by Crippen LogP contribution is 2.46. The number of benzene rings is 3. The fourth-order valence-corrected chi connectivity index (χ4v) is 5.83. The molecule has 0 N–H and O–H groups in total. The number of ether oxygens (including phenoxy) is 4. The summed E-state index contributed by atoms with van der Waals surface area (Å²) in [5.74, 6) is 1.38. The second-order valence-corrected chi connectivity index (χ2v) is 10.6. The minimum atomic E-state index is -0.281. The number of halogens is 1. The van der Waals surface area contributed by atoms with Crippen LogP contribution in [0.5, 0.6) is 11.5 Å². The molecule has 1 aliphatic heterocycles. The molecule has 0 radical (unpaired) electrons. The van der Waals surface area contributed by atoms with Gasteiger partial charge in [0.15, 0.2) is 0 Å². The molecule has 39 heavy (non-hydrogen) atoms. The third-order valence-corrected chi connectivity index (χ3v) is 8.29. The van der Waals surface area contributed by atoms with Crippen molar-refractivity contribution in [3.8, 4) is 22.6 Å². The molecule has 1 heterocycles. The van der Waals surface area contributed by atoms with Crippen LogP contribution in [0.25, 0.3) is 11.1 Å². The smallest absolute Gasteiger partial charge is 0.309 e. The van der Waals surface area contributed by atoms with E-state index in [0.717, 1.165) is 48.1 Å². The standard InChI is InChI=1S/C33H37FO5/c1-21(33(35)38-18-17-36-2)32(25-5-4-6-25)26-12-11-24-13-16-30(39-31(24)19-26)23-9-7-22(8-10-23)28-20-27(37-3)14-15-29(28)34/h7-12,14-15,19-21,25,30,32H,4-6,13,16-18H2,1-3H3. The lowest BCUT2D eigenvalue weighted by molar-refractivity contribution is -0.150. The van der Waals surface area contributed by atoms with Gasteiger partial charge in [0.1, 0.15) is 30.0 Å². The van der Waals surface area contributed by atoms with Gasteiger partial charge in [0.05, 0.1) is 19.6 Å². The number of carbonyl (C=O) groups excluding carboxylic acids is 1. The van der Waals surface area contributed by atoms with Crippen molar-refractivity contribution in [2.75, 3.05) is 27.4 Å². The molecule has 0 saturated heterocycles. The number of esters is 1. The summed E-state index contributed by atoms with van der Waals surface area (Å²) in [5, 5.41) is 0. The Morgan fingerprint density at radius 1 is 1.00 bits per heavy atom. The Morgan fingerprint density at radius 2 is 1.79 bits per heavy atom. The van der Waals surface area contributed by atoms with Gasteiger partial charge in [-0.25, -0.2) is 4.39 Å². The Labute approximate surface area is 230 Å². The molecule has 1 saturated carbocycles. The van der Waals surface area contributed by atoms with E-state index in [1.54, 1.807) is 26.4 Å². The second-order valence-electron chi connectivity index (χ2n) is 10.6. The van der Waals surface area contributed by atoms with Crippen LogP contribution in [0.15, 0.2) is 60.7 Å². The summed E-state index contributed by atoms with van der Waals surface area (Å²) in [6.45, 7) is 2.65. The highest BCUT2D eigenvalue weighted by Gasteiger charge is 2.37. The van der Waals surface area contributed by atoms with Crippen molar-refractivity contribution in [3.05, 3.63) is 83.2 Å². The van der Waals surface area contributed by atoms with Gasteiger partial charge >= 0.3 is 5.97 Å². The maximum Gasteiger partial charge on any atom is 0.309 e. The summed E-state index contributed by atoms with van der Waals surface area (Å²) in [5.41, 5.74) is 4.69. The molecule has 0 amide bonds. The summed E-state index contributed by atoms with van der Waals surface area (Å²) < 4.78 is 36.8. The average Bonchev–Trinajstić information content (AvgIpc) is 2.94. The minimum Gasteiger partial charge on any atom is -0.497 e. The van der Waals surface area contributed by atoms with Gasteiger partial charge in [-0.15, -0.1) is 0 Å². The number of methoxy groups -OCH3 is 2. The van der Waals surface area contributed by atoms with Crippen molar-refractivity contribution in [3.63, 3.8) is 0 Å². The van der Waals surface area contributed by atoms with Gasteiger partial charge in [0, 0.05) is 12.7 Å². The molecule has 3 aromatic rings. The van der Waals surface area contributed by atoms with Crippen molar-refractivity contribution in [1.29, 1.82) is 0 Å². The lowest BCUT2D eigenvalue weighted by Gasteiger charge is -2.37. The molecule has 5 nitrogen and oxygen atoms in total. The molecule has 206 valence electrons. The first kappa shape index (κ1) is 27.2. The van der Waals surface area contributed by atoms with E-state index in [-0.39, 0.29) is 36.3 Å². The Morgan fingerprint density at radius 3 is 2.49 bits per heavy atom. The second kappa shape index (κ2) is 12.2. The van der Waals surface area contributed by atoms with Crippen LogP contribution >= 0.6 is 0 Å². The molecule has 1 fully saturated rings. The van der Waals surface area contributed by atoms with Crippen LogP contribution < -0.4 is 9.47 Å². The molecule has 6 heteroatoms. The molecule has 5 rings (SSSR count). The molecular formula is C33H37FO5. The molecule has 0 bridgehead atoms. The van der Waals surface area contributed by atoms with Gasteiger partial charge in [-0.2, -0.15) is 0 Å². The predicted molar refractivity (Wildman–Crippen MR) is 149 cm³/mol. The van der Waals surface area contributed by atoms with E-state index in [1.165, 1.54) is 18.1 Å². The predicted octanol–water partition coefficient (Wildman–Crippen LogP) is 7.28. The van der Waals surface area contributed by atoms with Crippen molar-refractivity contribution < 1.29 is 28.1 Å². The molecule has 0 aromatic heterocycles. The van der Waals surface area contributed by atoms with E-state index >= 15 is 0 Å². The first-order valence-electron chi connectivity index (χ1n) is 13.9. The first-order chi connectivity index (χ1) is 19.0. The van der Waals surface area contributed by atoms with Gasteiger partial charge in [0.25, 0.3) is 0 Å². The monoisotopic (exact) mass is 532 g/mol. The molecule has 1 aliphatic carbocycles. The zero-order chi connectivity index (χ0) is 27.4. The summed E-state index contributed by atoms with van der Waals surface area (Å²) in [4.78, 5) is 12.9. The molecule has 3 unspecified atom stereocenters. The zero-order valence-corrected chi connectivity index (χ0v) is 23.0. The van der Waals surface area contributed by atoms with E-state index in [0.29, 0.717) is 23.8 Å². The Hall–Kier alpha value is -3.38. The molecule has 3 atom stereocenters. The first-order valence-corrected chi connectivity index (χ1v) is 13.9. The van der Waals surface area contributed by atoms with Crippen molar-refractivity contribution in [1.82, 2.24) is 0 Å². The van der Waals surface area contributed by atoms with Crippen molar-refractivity contribution in [2.45, 2.75) is 51.0 Å². The largest absolute Gasteiger partial charge is 0.497 e. The number of hydrogen-bond donors (Lipinski definition) is 0. The van der Waals surface area contributed by atoms with Crippen LogP contribution in [0.4, 0.5) is 4.39 Å². The average molecular weight is 533 g/mol. The highest BCUT2D eigenvalue weighted by atomic mass is 19.1. The van der Waals surface area contributed by atoms with Gasteiger partial charge in [-0.1, -0.05) is 49.7 Å². The highest BCUT2D eigenvalue weighted by molar-refractivity contribution is 5.73. The fourth-order valence-electron chi connectivity index (χ4n) is 5.83. The van der Waals surface area contributed by atoms with E-state index in [1.807, 2.05) is 31.2 Å². The number of aryl methyl sites for hydroxylation is 1. The van der Waals surface area contributed by atoms with E-state index in [2.05, 4.69) is 18.2 Å². The number of rotatable bonds is 10. The zero-order valence-electron chi connectivity index (χ0n) is 23.0. The quantitative estimate of drug-likeness (QED) is 0.203.